The summed E-state index contributed by atoms with van der Waals surface area (Å²) in [6.07, 6.45) is 0.381. The summed E-state index contributed by atoms with van der Waals surface area (Å²) in [4.78, 5) is 18.0. The zero-order valence-corrected chi connectivity index (χ0v) is 13.1. The monoisotopic (exact) mass is 310 g/mol. The molecular weight excluding hydrogens is 292 g/mol. The third-order valence-corrected chi connectivity index (χ3v) is 3.79. The number of nitrogens with zero attached hydrogens (tertiary/aromatic N) is 1. The third-order valence-electron chi connectivity index (χ3n) is 3.79. The molecule has 0 fully saturated rings. The van der Waals surface area contributed by atoms with Crippen molar-refractivity contribution in [3.8, 4) is 5.75 Å². The predicted molar refractivity (Wildman–Crippen MR) is 88.7 cm³/mol. The second-order valence-electron chi connectivity index (χ2n) is 5.56. The zero-order chi connectivity index (χ0) is 16.3. The molecule has 118 valence electrons. The highest BCUT2D eigenvalue weighted by molar-refractivity contribution is 6.09. The van der Waals surface area contributed by atoms with Crippen LogP contribution >= 0.6 is 0 Å². The Balaban J connectivity index is 1.75. The minimum atomic E-state index is -1.04. The Morgan fingerprint density at radius 3 is 2.61 bits per heavy atom. The largest absolute Gasteiger partial charge is 0.496 e. The molecule has 0 bridgehead atoms. The van der Waals surface area contributed by atoms with Crippen molar-refractivity contribution in [3.63, 3.8) is 0 Å². The molecule has 2 aromatic rings. The van der Waals surface area contributed by atoms with E-state index in [-0.39, 0.29) is 5.91 Å². The Morgan fingerprint density at radius 2 is 1.87 bits per heavy atom. The minimum absolute atomic E-state index is 0.225. The van der Waals surface area contributed by atoms with Gasteiger partial charge in [-0.05, 0) is 31.2 Å². The van der Waals surface area contributed by atoms with E-state index in [1.165, 1.54) is 0 Å². The van der Waals surface area contributed by atoms with Crippen molar-refractivity contribution in [1.29, 1.82) is 0 Å². The molecule has 0 aliphatic carbocycles. The van der Waals surface area contributed by atoms with Crippen LogP contribution in [0.15, 0.2) is 59.8 Å². The number of amides is 1. The van der Waals surface area contributed by atoms with E-state index < -0.39 is 5.60 Å². The summed E-state index contributed by atoms with van der Waals surface area (Å²) in [5, 5.41) is 6.96. The molecular formula is C18H18N2O3. The first kappa shape index (κ1) is 15.1. The second-order valence-corrected chi connectivity index (χ2v) is 5.56. The highest BCUT2D eigenvalue weighted by atomic mass is 16.7. The first-order chi connectivity index (χ1) is 11.1. The molecule has 23 heavy (non-hydrogen) atoms. The fourth-order valence-corrected chi connectivity index (χ4v) is 2.47. The van der Waals surface area contributed by atoms with Crippen LogP contribution in [0.5, 0.6) is 5.75 Å². The Hall–Kier alpha value is -2.82. The molecule has 1 amide bonds. The van der Waals surface area contributed by atoms with Crippen molar-refractivity contribution < 1.29 is 14.4 Å². The lowest BCUT2D eigenvalue weighted by molar-refractivity contribution is -0.135. The fourth-order valence-electron chi connectivity index (χ4n) is 2.47. The van der Waals surface area contributed by atoms with E-state index in [4.69, 9.17) is 9.57 Å². The smallest absolute Gasteiger partial charge is 0.271 e. The standard InChI is InChI=1S/C18H18N2O3/c1-18(17(21)19-13-8-4-3-5-9-13)12-15(20-23-18)14-10-6-7-11-16(14)22-2/h3-11H,12H2,1-2H3,(H,19,21)/t18-/m1/s1. The van der Waals surface area contributed by atoms with E-state index in [2.05, 4.69) is 10.5 Å². The van der Waals surface area contributed by atoms with Crippen LogP contribution in [0.1, 0.15) is 18.9 Å². The maximum atomic E-state index is 12.5. The van der Waals surface area contributed by atoms with Gasteiger partial charge in [0.2, 0.25) is 5.60 Å². The number of ether oxygens (including phenoxy) is 1. The van der Waals surface area contributed by atoms with Crippen LogP contribution < -0.4 is 10.1 Å². The number of methoxy groups -OCH3 is 1. The Kier molecular flexibility index (Phi) is 4.02. The Bertz CT molecular complexity index is 743. The average Bonchev–Trinajstić information content (AvgIpc) is 2.99. The van der Waals surface area contributed by atoms with Gasteiger partial charge in [-0.3, -0.25) is 4.79 Å². The van der Waals surface area contributed by atoms with Crippen LogP contribution in [0.4, 0.5) is 5.69 Å². The summed E-state index contributed by atoms with van der Waals surface area (Å²) in [6, 6.07) is 16.8. The van der Waals surface area contributed by atoms with E-state index in [0.717, 1.165) is 11.3 Å². The lowest BCUT2D eigenvalue weighted by Crippen LogP contribution is -2.40. The molecule has 0 spiro atoms. The Labute approximate surface area is 134 Å². The van der Waals surface area contributed by atoms with Crippen molar-refractivity contribution in [2.45, 2.75) is 18.9 Å². The molecule has 5 nitrogen and oxygen atoms in total. The van der Waals surface area contributed by atoms with Gasteiger partial charge in [0.05, 0.1) is 12.8 Å². The molecule has 1 heterocycles. The quantitative estimate of drug-likeness (QED) is 0.943. The third kappa shape index (κ3) is 3.04. The van der Waals surface area contributed by atoms with Crippen molar-refractivity contribution in [1.82, 2.24) is 0 Å². The lowest BCUT2D eigenvalue weighted by Gasteiger charge is -2.20. The van der Waals surface area contributed by atoms with Gasteiger partial charge in [-0.2, -0.15) is 0 Å². The van der Waals surface area contributed by atoms with E-state index in [9.17, 15) is 4.79 Å². The molecule has 1 aliphatic rings. The topological polar surface area (TPSA) is 59.9 Å². The number of oxime groups is 1. The van der Waals surface area contributed by atoms with Gasteiger partial charge < -0.3 is 14.9 Å². The highest BCUT2D eigenvalue weighted by Gasteiger charge is 2.42. The van der Waals surface area contributed by atoms with Crippen LogP contribution in [0.3, 0.4) is 0 Å². The van der Waals surface area contributed by atoms with Gasteiger partial charge in [0, 0.05) is 17.7 Å². The minimum Gasteiger partial charge on any atom is -0.496 e. The highest BCUT2D eigenvalue weighted by Crippen LogP contribution is 2.31. The van der Waals surface area contributed by atoms with Gasteiger partial charge in [0.1, 0.15) is 5.75 Å². The van der Waals surface area contributed by atoms with Gasteiger partial charge >= 0.3 is 0 Å². The van der Waals surface area contributed by atoms with Gasteiger partial charge in [0.15, 0.2) is 0 Å². The number of carbonyl (C=O) groups excluding carboxylic acids is 1. The molecule has 0 aromatic heterocycles. The second kappa shape index (κ2) is 6.12. The van der Waals surface area contributed by atoms with Crippen molar-refractivity contribution >= 4 is 17.3 Å². The number of para-hydroxylation sites is 2. The van der Waals surface area contributed by atoms with Crippen LogP contribution in [-0.4, -0.2) is 24.3 Å². The molecule has 5 heteroatoms. The molecule has 1 aliphatic heterocycles. The molecule has 0 saturated carbocycles. The lowest BCUT2D eigenvalue weighted by atomic mass is 9.94. The average molecular weight is 310 g/mol. The predicted octanol–water partition coefficient (Wildman–Crippen LogP) is 3.22. The molecule has 1 atom stereocenters. The molecule has 0 unspecified atom stereocenters. The summed E-state index contributed by atoms with van der Waals surface area (Å²) >= 11 is 0. The Morgan fingerprint density at radius 1 is 1.17 bits per heavy atom. The summed E-state index contributed by atoms with van der Waals surface area (Å²) < 4.78 is 5.35. The maximum absolute atomic E-state index is 12.5. The van der Waals surface area contributed by atoms with Crippen LogP contribution in [0, 0.1) is 0 Å². The van der Waals surface area contributed by atoms with Gasteiger partial charge in [-0.25, -0.2) is 0 Å². The van der Waals surface area contributed by atoms with E-state index >= 15 is 0 Å². The SMILES string of the molecule is COc1ccccc1C1=NO[C@@](C)(C(=O)Nc2ccccc2)C1. The number of hydrogen-bond acceptors (Lipinski definition) is 4. The first-order valence-corrected chi connectivity index (χ1v) is 7.37. The van der Waals surface area contributed by atoms with Crippen molar-refractivity contribution in [2.24, 2.45) is 5.16 Å². The number of nitrogens with one attached hydrogen (secondary N) is 1. The summed E-state index contributed by atoms with van der Waals surface area (Å²) in [7, 11) is 1.61. The number of carbonyl (C=O) groups is 1. The van der Waals surface area contributed by atoms with E-state index in [0.29, 0.717) is 17.9 Å². The number of rotatable bonds is 4. The van der Waals surface area contributed by atoms with Crippen LogP contribution in [0.2, 0.25) is 0 Å². The van der Waals surface area contributed by atoms with Gasteiger partial charge in [0.25, 0.3) is 5.91 Å². The molecule has 0 saturated heterocycles. The maximum Gasteiger partial charge on any atom is 0.271 e. The first-order valence-electron chi connectivity index (χ1n) is 7.37. The van der Waals surface area contributed by atoms with Gasteiger partial charge in [-0.15, -0.1) is 0 Å². The van der Waals surface area contributed by atoms with Gasteiger partial charge in [-0.1, -0.05) is 35.5 Å². The van der Waals surface area contributed by atoms with E-state index in [1.54, 1.807) is 14.0 Å². The fraction of sp³-hybridized carbons (Fsp3) is 0.222. The summed E-state index contributed by atoms with van der Waals surface area (Å²) in [5.74, 6) is 0.486. The summed E-state index contributed by atoms with van der Waals surface area (Å²) in [5.41, 5.74) is 1.24. The van der Waals surface area contributed by atoms with Crippen molar-refractivity contribution in [3.05, 3.63) is 60.2 Å². The van der Waals surface area contributed by atoms with E-state index in [1.807, 2.05) is 54.6 Å². The zero-order valence-electron chi connectivity index (χ0n) is 13.1. The molecule has 1 N–H and O–H groups in total. The van der Waals surface area contributed by atoms with Crippen LogP contribution in [-0.2, 0) is 9.63 Å². The van der Waals surface area contributed by atoms with Crippen molar-refractivity contribution in [2.75, 3.05) is 12.4 Å². The summed E-state index contributed by atoms with van der Waals surface area (Å²) in [6.45, 7) is 1.73. The molecule has 2 aromatic carbocycles. The number of anilines is 1. The van der Waals surface area contributed by atoms with Crippen LogP contribution in [0.25, 0.3) is 0 Å². The number of benzene rings is 2. The number of hydrogen-bond donors (Lipinski definition) is 1. The molecule has 3 rings (SSSR count). The normalized spacial score (nSPS) is 19.7. The molecule has 0 radical (unpaired) electrons.